The Labute approximate surface area is 199 Å². The second kappa shape index (κ2) is 11.9. The molecule has 172 valence electrons. The van der Waals surface area contributed by atoms with Crippen LogP contribution in [0.2, 0.25) is 0 Å². The third-order valence-corrected chi connectivity index (χ3v) is 9.25. The monoisotopic (exact) mass is 491 g/mol. The highest BCUT2D eigenvalue weighted by Crippen LogP contribution is 2.28. The van der Waals surface area contributed by atoms with E-state index in [2.05, 4.69) is 16.9 Å². The van der Waals surface area contributed by atoms with Gasteiger partial charge in [0.05, 0.1) is 16.5 Å². The van der Waals surface area contributed by atoms with Gasteiger partial charge in [0.25, 0.3) is 0 Å². The Balaban J connectivity index is 1.57. The van der Waals surface area contributed by atoms with Crippen LogP contribution >= 0.6 is 23.5 Å². The first-order valence-electron chi connectivity index (χ1n) is 10.6. The topological polar surface area (TPSA) is 79.4 Å². The number of sulfonamides is 1. The largest absolute Gasteiger partial charge is 0.324 e. The Hall–Kier alpha value is -1.81. The second-order valence-corrected chi connectivity index (χ2v) is 11.6. The Morgan fingerprint density at radius 1 is 1.19 bits per heavy atom. The van der Waals surface area contributed by atoms with E-state index in [-0.39, 0.29) is 22.6 Å². The van der Waals surface area contributed by atoms with Gasteiger partial charge in [0.2, 0.25) is 15.9 Å². The molecule has 0 bridgehead atoms. The first-order chi connectivity index (χ1) is 15.4. The molecule has 0 saturated heterocycles. The van der Waals surface area contributed by atoms with E-state index in [1.807, 2.05) is 30.3 Å². The lowest BCUT2D eigenvalue weighted by Gasteiger charge is -2.30. The SMILES string of the molecule is C=CCSc1ccccc1NC(=O)CSc1ccc(S(=O)(=O)N(C)C2CCCCC2)cn1. The highest BCUT2D eigenvalue weighted by molar-refractivity contribution is 8.00. The molecule has 0 radical (unpaired) electrons. The summed E-state index contributed by atoms with van der Waals surface area (Å²) in [5.74, 6) is 0.801. The number of thioether (sulfide) groups is 2. The number of benzene rings is 1. The van der Waals surface area contributed by atoms with Crippen molar-refractivity contribution in [1.29, 1.82) is 0 Å². The maximum absolute atomic E-state index is 12.9. The number of hydrogen-bond donors (Lipinski definition) is 1. The Morgan fingerprint density at radius 3 is 2.62 bits per heavy atom. The van der Waals surface area contributed by atoms with Crippen molar-refractivity contribution in [2.75, 3.05) is 23.9 Å². The normalized spacial score (nSPS) is 14.9. The van der Waals surface area contributed by atoms with Gasteiger partial charge in [-0.25, -0.2) is 13.4 Å². The first-order valence-corrected chi connectivity index (χ1v) is 14.0. The van der Waals surface area contributed by atoms with Gasteiger partial charge in [-0.2, -0.15) is 4.31 Å². The zero-order valence-electron chi connectivity index (χ0n) is 18.2. The standard InChI is InChI=1S/C23H29N3O3S3/c1-3-15-30-21-12-8-7-11-20(21)25-22(27)17-31-23-14-13-19(16-24-23)32(28,29)26(2)18-9-5-4-6-10-18/h3,7-8,11-14,16,18H,1,4-6,9-10,15,17H2,2H3,(H,25,27). The maximum atomic E-state index is 12.9. The van der Waals surface area contributed by atoms with E-state index in [0.717, 1.165) is 42.0 Å². The molecule has 1 amide bonds. The lowest BCUT2D eigenvalue weighted by atomic mass is 9.96. The van der Waals surface area contributed by atoms with Crippen LogP contribution in [-0.2, 0) is 14.8 Å². The molecule has 0 spiro atoms. The molecule has 6 nitrogen and oxygen atoms in total. The van der Waals surface area contributed by atoms with Gasteiger partial charge in [0.15, 0.2) is 0 Å². The van der Waals surface area contributed by atoms with Crippen molar-refractivity contribution in [1.82, 2.24) is 9.29 Å². The summed E-state index contributed by atoms with van der Waals surface area (Å²) in [5, 5.41) is 3.54. The van der Waals surface area contributed by atoms with Crippen LogP contribution < -0.4 is 5.32 Å². The van der Waals surface area contributed by atoms with E-state index < -0.39 is 10.0 Å². The molecule has 2 aromatic rings. The molecule has 1 aromatic carbocycles. The average molecular weight is 492 g/mol. The van der Waals surface area contributed by atoms with Crippen LogP contribution in [0.5, 0.6) is 0 Å². The van der Waals surface area contributed by atoms with Crippen molar-refractivity contribution in [3.8, 4) is 0 Å². The van der Waals surface area contributed by atoms with Crippen LogP contribution in [0.15, 0.2) is 70.1 Å². The van der Waals surface area contributed by atoms with Crippen LogP contribution in [0.25, 0.3) is 0 Å². The van der Waals surface area contributed by atoms with E-state index in [9.17, 15) is 13.2 Å². The summed E-state index contributed by atoms with van der Waals surface area (Å²) in [4.78, 5) is 17.9. The van der Waals surface area contributed by atoms with E-state index in [4.69, 9.17) is 0 Å². The zero-order valence-corrected chi connectivity index (χ0v) is 20.6. The van der Waals surface area contributed by atoms with Gasteiger partial charge in [0.1, 0.15) is 4.90 Å². The number of rotatable bonds is 10. The summed E-state index contributed by atoms with van der Waals surface area (Å²) in [6, 6.07) is 10.9. The third-order valence-electron chi connectivity index (χ3n) is 5.34. The average Bonchev–Trinajstić information content (AvgIpc) is 2.82. The van der Waals surface area contributed by atoms with Crippen molar-refractivity contribution >= 4 is 45.1 Å². The minimum atomic E-state index is -3.57. The van der Waals surface area contributed by atoms with Gasteiger partial charge >= 0.3 is 0 Å². The lowest BCUT2D eigenvalue weighted by Crippen LogP contribution is -2.38. The summed E-state index contributed by atoms with van der Waals surface area (Å²) < 4.78 is 27.3. The molecule has 1 aromatic heterocycles. The summed E-state index contributed by atoms with van der Waals surface area (Å²) in [6.07, 6.45) is 8.32. The molecule has 1 heterocycles. The van der Waals surface area contributed by atoms with Crippen LogP contribution in [0.3, 0.4) is 0 Å². The van der Waals surface area contributed by atoms with Gasteiger partial charge in [0, 0.05) is 29.9 Å². The Bertz CT molecular complexity index is 1020. The second-order valence-electron chi connectivity index (χ2n) is 7.58. The minimum absolute atomic E-state index is 0.0546. The van der Waals surface area contributed by atoms with Gasteiger partial charge < -0.3 is 5.32 Å². The summed E-state index contributed by atoms with van der Waals surface area (Å²) in [5.41, 5.74) is 0.769. The molecule has 32 heavy (non-hydrogen) atoms. The van der Waals surface area contributed by atoms with Crippen LogP contribution in [0, 0.1) is 0 Å². The molecule has 1 aliphatic rings. The van der Waals surface area contributed by atoms with E-state index in [1.54, 1.807) is 30.9 Å². The number of amides is 1. The predicted molar refractivity (Wildman–Crippen MR) is 133 cm³/mol. The minimum Gasteiger partial charge on any atom is -0.324 e. The van der Waals surface area contributed by atoms with Gasteiger partial charge in [-0.15, -0.1) is 18.3 Å². The maximum Gasteiger partial charge on any atom is 0.244 e. The highest BCUT2D eigenvalue weighted by atomic mass is 32.2. The van der Waals surface area contributed by atoms with Crippen LogP contribution in [-0.4, -0.2) is 48.2 Å². The van der Waals surface area contributed by atoms with Crippen molar-refractivity contribution in [2.45, 2.75) is 53.0 Å². The molecule has 0 atom stereocenters. The molecule has 1 aliphatic carbocycles. The lowest BCUT2D eigenvalue weighted by molar-refractivity contribution is -0.113. The number of para-hydroxylation sites is 1. The molecule has 0 unspecified atom stereocenters. The van der Waals surface area contributed by atoms with E-state index in [0.29, 0.717) is 5.03 Å². The quantitative estimate of drug-likeness (QED) is 0.370. The van der Waals surface area contributed by atoms with Crippen molar-refractivity contribution < 1.29 is 13.2 Å². The molecule has 1 saturated carbocycles. The van der Waals surface area contributed by atoms with Crippen molar-refractivity contribution in [2.24, 2.45) is 0 Å². The number of nitrogens with zero attached hydrogens (tertiary/aromatic N) is 2. The molecule has 1 fully saturated rings. The molecule has 1 N–H and O–H groups in total. The van der Waals surface area contributed by atoms with Crippen molar-refractivity contribution in [3.05, 3.63) is 55.3 Å². The number of pyridine rings is 1. The Morgan fingerprint density at radius 2 is 1.94 bits per heavy atom. The van der Waals surface area contributed by atoms with E-state index in [1.165, 1.54) is 28.7 Å². The molecule has 3 rings (SSSR count). The third kappa shape index (κ3) is 6.60. The van der Waals surface area contributed by atoms with Gasteiger partial charge in [-0.1, -0.05) is 49.2 Å². The summed E-state index contributed by atoms with van der Waals surface area (Å²) in [7, 11) is -1.91. The number of hydrogen-bond acceptors (Lipinski definition) is 6. The number of carbonyl (C=O) groups excluding carboxylic acids is 1. The molecule has 0 aliphatic heterocycles. The number of aromatic nitrogens is 1. The fourth-order valence-corrected chi connectivity index (χ4v) is 6.33. The Kier molecular flexibility index (Phi) is 9.22. The van der Waals surface area contributed by atoms with E-state index >= 15 is 0 Å². The van der Waals surface area contributed by atoms with Gasteiger partial charge in [-0.3, -0.25) is 4.79 Å². The number of anilines is 1. The summed E-state index contributed by atoms with van der Waals surface area (Å²) >= 11 is 2.88. The fraction of sp³-hybridized carbons (Fsp3) is 0.391. The highest BCUT2D eigenvalue weighted by Gasteiger charge is 2.29. The number of carbonyl (C=O) groups is 1. The molecular formula is C23H29N3O3S3. The van der Waals surface area contributed by atoms with Crippen LogP contribution in [0.1, 0.15) is 32.1 Å². The number of nitrogens with one attached hydrogen (secondary N) is 1. The molecular weight excluding hydrogens is 462 g/mol. The smallest absolute Gasteiger partial charge is 0.244 e. The zero-order chi connectivity index (χ0) is 23.0. The first kappa shape index (κ1) is 24.8. The fourth-order valence-electron chi connectivity index (χ4n) is 3.58. The summed E-state index contributed by atoms with van der Waals surface area (Å²) in [6.45, 7) is 3.73. The van der Waals surface area contributed by atoms with Crippen LogP contribution in [0.4, 0.5) is 5.69 Å². The van der Waals surface area contributed by atoms with Crippen molar-refractivity contribution in [3.63, 3.8) is 0 Å². The van der Waals surface area contributed by atoms with Gasteiger partial charge in [-0.05, 0) is 37.1 Å². The predicted octanol–water partition coefficient (Wildman–Crippen LogP) is 5.04. The molecule has 9 heteroatoms.